The van der Waals surface area contributed by atoms with Gasteiger partial charge in [-0.2, -0.15) is 0 Å². The fourth-order valence-corrected chi connectivity index (χ4v) is 8.49. The summed E-state index contributed by atoms with van der Waals surface area (Å²) in [6, 6.07) is 0. The Labute approximate surface area is 159 Å². The van der Waals surface area contributed by atoms with Crippen molar-refractivity contribution in [1.29, 1.82) is 0 Å². The second kappa shape index (κ2) is 5.65. The number of fused-ring (bicyclic) bond motifs is 5. The molecular weight excluding hydrogens is 380 g/mol. The molecule has 0 aliphatic heterocycles. The highest BCUT2D eigenvalue weighted by Crippen LogP contribution is 2.68. The van der Waals surface area contributed by atoms with Gasteiger partial charge in [0.25, 0.3) is 0 Å². The maximum absolute atomic E-state index is 12.4. The Morgan fingerprint density at radius 1 is 1.24 bits per heavy atom. The largest absolute Gasteiger partial charge is 0.393 e. The van der Waals surface area contributed by atoms with Gasteiger partial charge >= 0.3 is 0 Å². The quantitative estimate of drug-likeness (QED) is 0.507. The van der Waals surface area contributed by atoms with Crippen molar-refractivity contribution in [3.63, 3.8) is 0 Å². The lowest BCUT2D eigenvalue weighted by molar-refractivity contribution is -0.158. The Balaban J connectivity index is 1.72. The Morgan fingerprint density at radius 3 is 2.64 bits per heavy atom. The number of hydrogen-bond acceptors (Lipinski definition) is 3. The van der Waals surface area contributed by atoms with E-state index < -0.39 is 5.60 Å². The van der Waals surface area contributed by atoms with Crippen molar-refractivity contribution < 1.29 is 15.0 Å². The zero-order chi connectivity index (χ0) is 18.2. The number of rotatable bonds is 1. The smallest absolute Gasteiger partial charge is 0.163 e. The molecular formula is C21H31BrO3. The van der Waals surface area contributed by atoms with Crippen LogP contribution in [-0.4, -0.2) is 32.5 Å². The second-order valence-corrected chi connectivity index (χ2v) is 10.7. The molecule has 25 heavy (non-hydrogen) atoms. The van der Waals surface area contributed by atoms with Crippen molar-refractivity contribution in [2.24, 2.45) is 28.6 Å². The van der Waals surface area contributed by atoms with Gasteiger partial charge in [0.2, 0.25) is 0 Å². The van der Waals surface area contributed by atoms with E-state index >= 15 is 0 Å². The number of halogens is 1. The maximum atomic E-state index is 12.4. The van der Waals surface area contributed by atoms with Crippen LogP contribution in [0.1, 0.15) is 65.7 Å². The van der Waals surface area contributed by atoms with E-state index in [2.05, 4.69) is 35.9 Å². The van der Waals surface area contributed by atoms with Crippen molar-refractivity contribution in [1.82, 2.24) is 0 Å². The molecule has 0 heterocycles. The molecule has 8 atom stereocenters. The van der Waals surface area contributed by atoms with E-state index in [9.17, 15) is 15.0 Å². The number of allylic oxidation sites excluding steroid dienone is 1. The standard InChI is InChI=1S/C21H31BrO3/c1-12(23)21(25)18(22)11-17-15-5-4-13-10-14(24)6-8-19(13,2)16(15)7-9-20(17,21)3/h4,14-18,24-25H,5-11H2,1-3H3/t14-,15-,16+,17+,18+,19-,20-,21+/m0/s1. The second-order valence-electron chi connectivity index (χ2n) is 9.64. The highest BCUT2D eigenvalue weighted by atomic mass is 79.9. The average Bonchev–Trinajstić information content (AvgIpc) is 2.77. The minimum atomic E-state index is -1.24. The first-order valence-corrected chi connectivity index (χ1v) is 10.8. The first-order chi connectivity index (χ1) is 11.6. The Hall–Kier alpha value is -0.190. The monoisotopic (exact) mass is 410 g/mol. The molecule has 2 N–H and O–H groups in total. The molecule has 0 aromatic heterocycles. The van der Waals surface area contributed by atoms with Crippen LogP contribution in [0, 0.1) is 28.6 Å². The number of alkyl halides is 1. The van der Waals surface area contributed by atoms with E-state index in [1.165, 1.54) is 5.57 Å². The van der Waals surface area contributed by atoms with Crippen molar-refractivity contribution >= 4 is 21.7 Å². The van der Waals surface area contributed by atoms with Crippen LogP contribution in [0.5, 0.6) is 0 Å². The third-order valence-corrected chi connectivity index (χ3v) is 9.83. The Bertz CT molecular complexity index is 631. The maximum Gasteiger partial charge on any atom is 0.163 e. The third-order valence-electron chi connectivity index (χ3n) is 8.79. The SMILES string of the molecule is CC(=O)[C@@]1(O)[C@H](Br)C[C@@H]2[C@H]3CC=C4C[C@@H](O)CC[C@]4(C)[C@@H]3CC[C@@]21C. The Morgan fingerprint density at radius 2 is 1.96 bits per heavy atom. The number of aliphatic hydroxyl groups excluding tert-OH is 1. The fourth-order valence-electron chi connectivity index (χ4n) is 7.24. The highest BCUT2D eigenvalue weighted by molar-refractivity contribution is 9.09. The lowest BCUT2D eigenvalue weighted by Gasteiger charge is -2.58. The fraction of sp³-hybridized carbons (Fsp3) is 0.857. The number of hydrogen-bond donors (Lipinski definition) is 2. The average molecular weight is 411 g/mol. The summed E-state index contributed by atoms with van der Waals surface area (Å²) < 4.78 is 0. The molecule has 0 aromatic carbocycles. The van der Waals surface area contributed by atoms with Crippen molar-refractivity contribution in [2.75, 3.05) is 0 Å². The van der Waals surface area contributed by atoms with Crippen LogP contribution in [0.15, 0.2) is 11.6 Å². The van der Waals surface area contributed by atoms with Crippen LogP contribution in [0.4, 0.5) is 0 Å². The molecule has 3 fully saturated rings. The first-order valence-electron chi connectivity index (χ1n) is 9.89. The van der Waals surface area contributed by atoms with Gasteiger partial charge in [0.05, 0.1) is 10.9 Å². The van der Waals surface area contributed by atoms with Gasteiger partial charge in [-0.05, 0) is 75.0 Å². The zero-order valence-electron chi connectivity index (χ0n) is 15.6. The van der Waals surface area contributed by atoms with Crippen LogP contribution in [-0.2, 0) is 4.79 Å². The number of carbonyl (C=O) groups is 1. The lowest BCUT2D eigenvalue weighted by Crippen LogP contribution is -2.58. The number of Topliss-reactive ketones (excluding diaryl/α,β-unsaturated/α-hetero) is 1. The molecule has 0 amide bonds. The summed E-state index contributed by atoms with van der Waals surface area (Å²) in [6.07, 6.45) is 8.94. The Kier molecular flexibility index (Phi) is 4.11. The molecule has 3 saturated carbocycles. The summed E-state index contributed by atoms with van der Waals surface area (Å²) >= 11 is 3.67. The molecule has 4 aliphatic rings. The van der Waals surface area contributed by atoms with E-state index in [0.29, 0.717) is 17.8 Å². The van der Waals surface area contributed by atoms with Crippen LogP contribution in [0.3, 0.4) is 0 Å². The highest BCUT2D eigenvalue weighted by Gasteiger charge is 2.68. The molecule has 0 saturated heterocycles. The van der Waals surface area contributed by atoms with Gasteiger partial charge in [0.15, 0.2) is 5.78 Å². The van der Waals surface area contributed by atoms with Gasteiger partial charge in [0.1, 0.15) is 5.60 Å². The van der Waals surface area contributed by atoms with Crippen molar-refractivity contribution in [3.05, 3.63) is 11.6 Å². The van der Waals surface area contributed by atoms with E-state index in [4.69, 9.17) is 0 Å². The number of carbonyl (C=O) groups excluding carboxylic acids is 1. The van der Waals surface area contributed by atoms with E-state index in [1.807, 2.05) is 0 Å². The predicted molar refractivity (Wildman–Crippen MR) is 101 cm³/mol. The van der Waals surface area contributed by atoms with Gasteiger partial charge in [0, 0.05) is 5.41 Å². The van der Waals surface area contributed by atoms with Gasteiger partial charge < -0.3 is 10.2 Å². The van der Waals surface area contributed by atoms with Gasteiger partial charge in [-0.1, -0.05) is 41.4 Å². The molecule has 3 nitrogen and oxygen atoms in total. The zero-order valence-corrected chi connectivity index (χ0v) is 17.2. The van der Waals surface area contributed by atoms with Crippen LogP contribution < -0.4 is 0 Å². The summed E-state index contributed by atoms with van der Waals surface area (Å²) in [6.45, 7) is 6.11. The molecule has 4 rings (SSSR count). The van der Waals surface area contributed by atoms with Gasteiger partial charge in [-0.3, -0.25) is 4.79 Å². The van der Waals surface area contributed by atoms with Crippen molar-refractivity contribution in [2.45, 2.75) is 82.2 Å². The third kappa shape index (κ3) is 2.20. The normalized spacial score (nSPS) is 55.0. The summed E-state index contributed by atoms with van der Waals surface area (Å²) in [5.74, 6) is 1.45. The first kappa shape index (κ1) is 18.2. The molecule has 4 heteroatoms. The number of aliphatic hydroxyl groups is 2. The predicted octanol–water partition coefficient (Wildman–Crippen LogP) is 4.00. The summed E-state index contributed by atoms with van der Waals surface area (Å²) in [5, 5.41) is 21.5. The molecule has 0 spiro atoms. The molecule has 0 radical (unpaired) electrons. The van der Waals surface area contributed by atoms with E-state index in [1.54, 1.807) is 6.92 Å². The minimum Gasteiger partial charge on any atom is -0.393 e. The molecule has 0 bridgehead atoms. The van der Waals surface area contributed by atoms with E-state index in [-0.39, 0.29) is 27.5 Å². The van der Waals surface area contributed by atoms with Crippen molar-refractivity contribution in [3.8, 4) is 0 Å². The summed E-state index contributed by atoms with van der Waals surface area (Å²) in [5.41, 5.74) is 0.0917. The van der Waals surface area contributed by atoms with E-state index in [0.717, 1.165) is 44.9 Å². The molecule has 0 unspecified atom stereocenters. The summed E-state index contributed by atoms with van der Waals surface area (Å²) in [7, 11) is 0. The van der Waals surface area contributed by atoms with Crippen LogP contribution in [0.25, 0.3) is 0 Å². The van der Waals surface area contributed by atoms with Crippen LogP contribution in [0.2, 0.25) is 0 Å². The topological polar surface area (TPSA) is 57.5 Å². The number of ketones is 1. The molecule has 140 valence electrons. The lowest BCUT2D eigenvalue weighted by atomic mass is 9.47. The van der Waals surface area contributed by atoms with Gasteiger partial charge in [-0.15, -0.1) is 0 Å². The minimum absolute atomic E-state index is 0.0862. The summed E-state index contributed by atoms with van der Waals surface area (Å²) in [4.78, 5) is 12.3. The molecule has 0 aromatic rings. The molecule has 4 aliphatic carbocycles. The van der Waals surface area contributed by atoms with Crippen LogP contribution >= 0.6 is 15.9 Å². The van der Waals surface area contributed by atoms with Gasteiger partial charge in [-0.25, -0.2) is 0 Å².